The number of rotatable bonds is 1. The van der Waals surface area contributed by atoms with E-state index in [0.29, 0.717) is 5.56 Å². The molecular formula is C10H13ClFNO. The first-order valence-corrected chi connectivity index (χ1v) is 4.46. The van der Waals surface area contributed by atoms with Crippen molar-refractivity contribution in [2.24, 2.45) is 0 Å². The van der Waals surface area contributed by atoms with Crippen LogP contribution in [0, 0.1) is 5.82 Å². The summed E-state index contributed by atoms with van der Waals surface area (Å²) in [6.07, 6.45) is 0.945. The molecule has 2 nitrogen and oxygen atoms in total. The van der Waals surface area contributed by atoms with Crippen LogP contribution in [0.15, 0.2) is 18.2 Å². The molecule has 1 heterocycles. The van der Waals surface area contributed by atoms with Gasteiger partial charge in [0.25, 0.3) is 0 Å². The lowest BCUT2D eigenvalue weighted by molar-refractivity contribution is 0.469. The van der Waals surface area contributed by atoms with Crippen LogP contribution in [0.1, 0.15) is 17.9 Å². The van der Waals surface area contributed by atoms with Crippen molar-refractivity contribution >= 4 is 12.4 Å². The molecule has 1 unspecified atom stereocenters. The molecule has 1 aromatic carbocycles. The minimum absolute atomic E-state index is 0. The van der Waals surface area contributed by atoms with Gasteiger partial charge in [0.15, 0.2) is 0 Å². The van der Waals surface area contributed by atoms with Gasteiger partial charge in [-0.2, -0.15) is 0 Å². The summed E-state index contributed by atoms with van der Waals surface area (Å²) < 4.78 is 13.3. The molecule has 0 bridgehead atoms. The van der Waals surface area contributed by atoms with Crippen molar-refractivity contribution in [2.45, 2.75) is 12.3 Å². The number of nitrogens with one attached hydrogen (secondary N) is 1. The van der Waals surface area contributed by atoms with Gasteiger partial charge < -0.3 is 10.4 Å². The molecule has 1 fully saturated rings. The molecule has 0 spiro atoms. The average Bonchev–Trinajstić information content (AvgIpc) is 2.61. The smallest absolute Gasteiger partial charge is 0.126 e. The molecule has 78 valence electrons. The molecular weight excluding hydrogens is 205 g/mol. The molecule has 0 saturated carbocycles. The van der Waals surface area contributed by atoms with E-state index < -0.39 is 0 Å². The number of aromatic hydroxyl groups is 1. The van der Waals surface area contributed by atoms with Crippen molar-refractivity contribution in [1.82, 2.24) is 5.32 Å². The van der Waals surface area contributed by atoms with Gasteiger partial charge in [0.2, 0.25) is 0 Å². The minimum atomic E-state index is -0.216. The molecule has 1 aromatic rings. The summed E-state index contributed by atoms with van der Waals surface area (Å²) in [5.41, 5.74) is 0.630. The van der Waals surface area contributed by atoms with Crippen molar-refractivity contribution in [2.75, 3.05) is 13.1 Å². The lowest BCUT2D eigenvalue weighted by atomic mass is 9.98. The second kappa shape index (κ2) is 4.62. The van der Waals surface area contributed by atoms with Gasteiger partial charge in [0, 0.05) is 12.5 Å². The van der Waals surface area contributed by atoms with Gasteiger partial charge in [0.05, 0.1) is 0 Å². The molecule has 1 aliphatic rings. The summed E-state index contributed by atoms with van der Waals surface area (Å²) in [6, 6.07) is 4.22. The summed E-state index contributed by atoms with van der Waals surface area (Å²) in [4.78, 5) is 0. The molecule has 2 N–H and O–H groups in total. The summed E-state index contributed by atoms with van der Waals surface area (Å²) in [5.74, 6) is 0.141. The zero-order valence-electron chi connectivity index (χ0n) is 7.66. The zero-order valence-corrected chi connectivity index (χ0v) is 8.48. The maximum absolute atomic E-state index is 13.3. The topological polar surface area (TPSA) is 32.3 Å². The van der Waals surface area contributed by atoms with Gasteiger partial charge in [-0.1, -0.05) is 0 Å². The molecule has 0 radical (unpaired) electrons. The highest BCUT2D eigenvalue weighted by atomic mass is 35.5. The molecule has 0 aromatic heterocycles. The van der Waals surface area contributed by atoms with Gasteiger partial charge in [-0.3, -0.25) is 0 Å². The Bertz CT molecular complexity index is 313. The highest BCUT2D eigenvalue weighted by Gasteiger charge is 2.19. The van der Waals surface area contributed by atoms with E-state index in [0.717, 1.165) is 19.5 Å². The third kappa shape index (κ3) is 2.16. The third-order valence-electron chi connectivity index (χ3n) is 2.48. The van der Waals surface area contributed by atoms with Crippen LogP contribution in [-0.4, -0.2) is 18.2 Å². The molecule has 0 amide bonds. The fourth-order valence-electron chi connectivity index (χ4n) is 1.76. The largest absolute Gasteiger partial charge is 0.508 e. The van der Waals surface area contributed by atoms with Crippen LogP contribution in [-0.2, 0) is 0 Å². The molecule has 0 aliphatic carbocycles. The van der Waals surface area contributed by atoms with Crippen LogP contribution in [0.2, 0.25) is 0 Å². The lowest BCUT2D eigenvalue weighted by Crippen LogP contribution is -2.08. The molecule has 4 heteroatoms. The van der Waals surface area contributed by atoms with E-state index in [1.54, 1.807) is 0 Å². The van der Waals surface area contributed by atoms with E-state index in [1.165, 1.54) is 18.2 Å². The number of phenols is 1. The summed E-state index contributed by atoms with van der Waals surface area (Å²) >= 11 is 0. The van der Waals surface area contributed by atoms with Crippen LogP contribution >= 0.6 is 12.4 Å². The van der Waals surface area contributed by atoms with Gasteiger partial charge in [0.1, 0.15) is 11.6 Å². The van der Waals surface area contributed by atoms with Gasteiger partial charge in [-0.15, -0.1) is 12.4 Å². The molecule has 1 aliphatic heterocycles. The lowest BCUT2D eigenvalue weighted by Gasteiger charge is -2.09. The Morgan fingerprint density at radius 2 is 2.21 bits per heavy atom. The third-order valence-corrected chi connectivity index (χ3v) is 2.48. The SMILES string of the molecule is Cl.Oc1ccc(F)c(C2CCNC2)c1. The average molecular weight is 218 g/mol. The highest BCUT2D eigenvalue weighted by molar-refractivity contribution is 5.85. The van der Waals surface area contributed by atoms with E-state index >= 15 is 0 Å². The van der Waals surface area contributed by atoms with Crippen LogP contribution in [0.5, 0.6) is 5.75 Å². The predicted octanol–water partition coefficient (Wildman–Crippen LogP) is 2.03. The number of hydrogen-bond acceptors (Lipinski definition) is 2. The first-order chi connectivity index (χ1) is 6.27. The van der Waals surface area contributed by atoms with Crippen LogP contribution in [0.25, 0.3) is 0 Å². The highest BCUT2D eigenvalue weighted by Crippen LogP contribution is 2.27. The predicted molar refractivity (Wildman–Crippen MR) is 55.5 cm³/mol. The Morgan fingerprint density at radius 3 is 2.86 bits per heavy atom. The molecule has 1 saturated heterocycles. The first kappa shape index (κ1) is 11.3. The zero-order chi connectivity index (χ0) is 9.26. The van der Waals surface area contributed by atoms with E-state index in [4.69, 9.17) is 0 Å². The Labute approximate surface area is 88.5 Å². The fraction of sp³-hybridized carbons (Fsp3) is 0.400. The summed E-state index contributed by atoms with van der Waals surface area (Å²) in [6.45, 7) is 1.74. The normalized spacial score (nSPS) is 20.5. The Kier molecular flexibility index (Phi) is 3.72. The number of phenolic OH excluding ortho intramolecular Hbond substituents is 1. The van der Waals surface area contributed by atoms with Crippen molar-refractivity contribution in [3.05, 3.63) is 29.6 Å². The van der Waals surface area contributed by atoms with Gasteiger partial charge in [-0.25, -0.2) is 4.39 Å². The monoisotopic (exact) mass is 217 g/mol. The second-order valence-corrected chi connectivity index (χ2v) is 3.40. The number of benzene rings is 1. The van der Waals surface area contributed by atoms with E-state index in [2.05, 4.69) is 5.32 Å². The minimum Gasteiger partial charge on any atom is -0.508 e. The van der Waals surface area contributed by atoms with Crippen LogP contribution < -0.4 is 5.32 Å². The summed E-state index contributed by atoms with van der Waals surface area (Å²) in [7, 11) is 0. The standard InChI is InChI=1S/C10H12FNO.ClH/c11-10-2-1-8(13)5-9(10)7-3-4-12-6-7;/h1-2,5,7,12-13H,3-4,6H2;1H. The Balaban J connectivity index is 0.000000980. The van der Waals surface area contributed by atoms with Crippen molar-refractivity contribution in [3.8, 4) is 5.75 Å². The van der Waals surface area contributed by atoms with Crippen LogP contribution in [0.4, 0.5) is 4.39 Å². The van der Waals surface area contributed by atoms with Crippen molar-refractivity contribution in [3.63, 3.8) is 0 Å². The maximum atomic E-state index is 13.3. The van der Waals surface area contributed by atoms with Crippen molar-refractivity contribution in [1.29, 1.82) is 0 Å². The van der Waals surface area contributed by atoms with Gasteiger partial charge >= 0.3 is 0 Å². The van der Waals surface area contributed by atoms with E-state index in [-0.39, 0.29) is 29.9 Å². The number of halogens is 2. The number of hydrogen-bond donors (Lipinski definition) is 2. The summed E-state index contributed by atoms with van der Waals surface area (Å²) in [5, 5.41) is 12.4. The molecule has 1 atom stereocenters. The molecule has 14 heavy (non-hydrogen) atoms. The fourth-order valence-corrected chi connectivity index (χ4v) is 1.76. The van der Waals surface area contributed by atoms with Gasteiger partial charge in [-0.05, 0) is 36.7 Å². The Hall–Kier alpha value is -0.800. The quantitative estimate of drug-likeness (QED) is 0.755. The molecule has 2 rings (SSSR count). The maximum Gasteiger partial charge on any atom is 0.126 e. The van der Waals surface area contributed by atoms with E-state index in [9.17, 15) is 9.50 Å². The van der Waals surface area contributed by atoms with E-state index in [1.807, 2.05) is 0 Å². The Morgan fingerprint density at radius 1 is 1.43 bits per heavy atom. The first-order valence-electron chi connectivity index (χ1n) is 4.46. The van der Waals surface area contributed by atoms with Crippen LogP contribution in [0.3, 0.4) is 0 Å². The second-order valence-electron chi connectivity index (χ2n) is 3.40. The van der Waals surface area contributed by atoms with Crippen molar-refractivity contribution < 1.29 is 9.50 Å².